The second-order valence-electron chi connectivity index (χ2n) is 7.37. The number of amides is 2. The summed E-state index contributed by atoms with van der Waals surface area (Å²) < 4.78 is 0. The fourth-order valence-corrected chi connectivity index (χ4v) is 3.76. The predicted octanol–water partition coefficient (Wildman–Crippen LogP) is 4.26. The Morgan fingerprint density at radius 2 is 1.66 bits per heavy atom. The molecule has 0 spiro atoms. The molecule has 0 aromatic heterocycles. The first-order chi connectivity index (χ1) is 14.0. The third-order valence-electron chi connectivity index (χ3n) is 5.44. The van der Waals surface area contributed by atoms with E-state index in [1.165, 1.54) is 11.1 Å². The van der Waals surface area contributed by atoms with Crippen molar-refractivity contribution in [2.75, 3.05) is 18.4 Å². The van der Waals surface area contributed by atoms with Crippen molar-refractivity contribution in [3.05, 3.63) is 64.7 Å². The minimum Gasteiger partial charge on any atom is -0.339 e. The molecule has 1 aliphatic rings. The van der Waals surface area contributed by atoms with Gasteiger partial charge >= 0.3 is 0 Å². The van der Waals surface area contributed by atoms with Crippen LogP contribution in [0, 0.1) is 0 Å². The Labute approximate surface area is 172 Å². The van der Waals surface area contributed by atoms with Gasteiger partial charge < -0.3 is 10.2 Å². The van der Waals surface area contributed by atoms with Crippen molar-refractivity contribution in [2.45, 2.75) is 46.0 Å². The average Bonchev–Trinajstić information content (AvgIpc) is 3.21. The number of anilines is 1. The van der Waals surface area contributed by atoms with Crippen LogP contribution in [0.1, 0.15) is 65.0 Å². The van der Waals surface area contributed by atoms with E-state index in [1.807, 2.05) is 32.0 Å². The van der Waals surface area contributed by atoms with Gasteiger partial charge in [0.2, 0.25) is 5.91 Å². The van der Waals surface area contributed by atoms with Crippen molar-refractivity contribution < 1.29 is 14.4 Å². The van der Waals surface area contributed by atoms with Crippen LogP contribution < -0.4 is 5.32 Å². The first kappa shape index (κ1) is 20.8. The summed E-state index contributed by atoms with van der Waals surface area (Å²) >= 11 is 0. The van der Waals surface area contributed by atoms with E-state index in [0.717, 1.165) is 19.3 Å². The van der Waals surface area contributed by atoms with Gasteiger partial charge in [-0.1, -0.05) is 18.2 Å². The van der Waals surface area contributed by atoms with Gasteiger partial charge in [-0.2, -0.15) is 0 Å². The van der Waals surface area contributed by atoms with Crippen molar-refractivity contribution in [3.8, 4) is 0 Å². The molecule has 0 heterocycles. The fourth-order valence-electron chi connectivity index (χ4n) is 3.76. The lowest BCUT2D eigenvalue weighted by Crippen LogP contribution is -2.30. The molecule has 0 fully saturated rings. The number of ketones is 1. The maximum Gasteiger partial charge on any atom is 0.253 e. The standard InChI is InChI=1S/C24H28N2O3/c1-3-26(4-2)24(29)20-9-6-10-21(16-20)25-23(28)14-13-22(27)19-12-11-17-7-5-8-18(17)15-19/h6,9-12,15-16H,3-5,7-8,13-14H2,1-2H3,(H,25,28). The van der Waals surface area contributed by atoms with Gasteiger partial charge in [-0.15, -0.1) is 0 Å². The first-order valence-electron chi connectivity index (χ1n) is 10.4. The third-order valence-corrected chi connectivity index (χ3v) is 5.44. The van der Waals surface area contributed by atoms with Crippen LogP contribution in [0.25, 0.3) is 0 Å². The number of benzene rings is 2. The maximum atomic E-state index is 12.5. The molecular weight excluding hydrogens is 364 g/mol. The molecule has 5 heteroatoms. The largest absolute Gasteiger partial charge is 0.339 e. The minimum atomic E-state index is -0.230. The molecule has 0 saturated heterocycles. The highest BCUT2D eigenvalue weighted by molar-refractivity contribution is 6.01. The van der Waals surface area contributed by atoms with Gasteiger partial charge in [-0.25, -0.2) is 0 Å². The Kier molecular flexibility index (Phi) is 6.81. The maximum absolute atomic E-state index is 12.5. The lowest BCUT2D eigenvalue weighted by atomic mass is 10.0. The Morgan fingerprint density at radius 3 is 2.41 bits per heavy atom. The van der Waals surface area contributed by atoms with E-state index < -0.39 is 0 Å². The normalized spacial score (nSPS) is 12.3. The molecule has 0 radical (unpaired) electrons. The van der Waals surface area contributed by atoms with E-state index >= 15 is 0 Å². The van der Waals surface area contributed by atoms with Gasteiger partial charge in [0.05, 0.1) is 0 Å². The van der Waals surface area contributed by atoms with Gasteiger partial charge in [-0.3, -0.25) is 14.4 Å². The molecule has 2 aromatic rings. The Hall–Kier alpha value is -2.95. The van der Waals surface area contributed by atoms with E-state index in [9.17, 15) is 14.4 Å². The zero-order chi connectivity index (χ0) is 20.8. The SMILES string of the molecule is CCN(CC)C(=O)c1cccc(NC(=O)CCC(=O)c2ccc3c(c2)CCC3)c1. The van der Waals surface area contributed by atoms with E-state index in [1.54, 1.807) is 29.2 Å². The number of rotatable bonds is 8. The molecule has 3 rings (SSSR count). The van der Waals surface area contributed by atoms with Crippen molar-refractivity contribution >= 4 is 23.3 Å². The van der Waals surface area contributed by atoms with Crippen LogP contribution in [0.3, 0.4) is 0 Å². The summed E-state index contributed by atoms with van der Waals surface area (Å²) in [6.07, 6.45) is 3.54. The Balaban J connectivity index is 1.56. The van der Waals surface area contributed by atoms with Gasteiger partial charge in [0, 0.05) is 42.7 Å². The summed E-state index contributed by atoms with van der Waals surface area (Å²) in [5.41, 5.74) is 4.39. The topological polar surface area (TPSA) is 66.5 Å². The molecule has 2 aromatic carbocycles. The summed E-state index contributed by atoms with van der Waals surface area (Å²) in [5, 5.41) is 2.80. The molecule has 152 valence electrons. The van der Waals surface area contributed by atoms with Crippen LogP contribution in [0.4, 0.5) is 5.69 Å². The monoisotopic (exact) mass is 392 g/mol. The van der Waals surface area contributed by atoms with Crippen LogP contribution in [0.15, 0.2) is 42.5 Å². The number of Topliss-reactive ketones (excluding diaryl/α,β-unsaturated/α-hetero) is 1. The lowest BCUT2D eigenvalue weighted by Gasteiger charge is -2.19. The zero-order valence-electron chi connectivity index (χ0n) is 17.2. The van der Waals surface area contributed by atoms with Gasteiger partial charge in [0.15, 0.2) is 5.78 Å². The quantitative estimate of drug-likeness (QED) is 0.683. The smallest absolute Gasteiger partial charge is 0.253 e. The molecule has 1 aliphatic carbocycles. The van der Waals surface area contributed by atoms with E-state index in [4.69, 9.17) is 0 Å². The zero-order valence-corrected chi connectivity index (χ0v) is 17.2. The number of carbonyl (C=O) groups is 3. The van der Waals surface area contributed by atoms with Crippen molar-refractivity contribution in [2.24, 2.45) is 0 Å². The molecule has 0 atom stereocenters. The number of carbonyl (C=O) groups excluding carboxylic acids is 3. The second-order valence-corrected chi connectivity index (χ2v) is 7.37. The third kappa shape index (κ3) is 5.11. The summed E-state index contributed by atoms with van der Waals surface area (Å²) in [6, 6.07) is 12.8. The average molecular weight is 392 g/mol. The van der Waals surface area contributed by atoms with Crippen LogP contribution in [0.2, 0.25) is 0 Å². The minimum absolute atomic E-state index is 0.0136. The summed E-state index contributed by atoms with van der Waals surface area (Å²) in [5.74, 6) is -0.301. The summed E-state index contributed by atoms with van der Waals surface area (Å²) in [4.78, 5) is 39.0. The number of hydrogen-bond acceptors (Lipinski definition) is 3. The number of aryl methyl sites for hydroxylation is 2. The number of fused-ring (bicyclic) bond motifs is 1. The van der Waals surface area contributed by atoms with E-state index in [0.29, 0.717) is 29.9 Å². The highest BCUT2D eigenvalue weighted by Crippen LogP contribution is 2.23. The van der Waals surface area contributed by atoms with Crippen LogP contribution >= 0.6 is 0 Å². The van der Waals surface area contributed by atoms with Crippen LogP contribution in [0.5, 0.6) is 0 Å². The lowest BCUT2D eigenvalue weighted by molar-refractivity contribution is -0.116. The highest BCUT2D eigenvalue weighted by Gasteiger charge is 2.16. The summed E-state index contributed by atoms with van der Waals surface area (Å²) in [6.45, 7) is 5.14. The van der Waals surface area contributed by atoms with Crippen molar-refractivity contribution in [3.63, 3.8) is 0 Å². The van der Waals surface area contributed by atoms with Crippen LogP contribution in [-0.2, 0) is 17.6 Å². The molecular formula is C24H28N2O3. The Morgan fingerprint density at radius 1 is 0.897 bits per heavy atom. The molecule has 0 aliphatic heterocycles. The highest BCUT2D eigenvalue weighted by atomic mass is 16.2. The van der Waals surface area contributed by atoms with E-state index in [2.05, 4.69) is 5.32 Å². The van der Waals surface area contributed by atoms with Gasteiger partial charge in [-0.05, 0) is 68.5 Å². The Bertz CT molecular complexity index is 916. The molecule has 1 N–H and O–H groups in total. The number of hydrogen-bond donors (Lipinski definition) is 1. The number of nitrogens with one attached hydrogen (secondary N) is 1. The molecule has 5 nitrogen and oxygen atoms in total. The molecule has 0 saturated carbocycles. The molecule has 2 amide bonds. The molecule has 0 bridgehead atoms. The molecule has 29 heavy (non-hydrogen) atoms. The predicted molar refractivity (Wildman–Crippen MR) is 114 cm³/mol. The van der Waals surface area contributed by atoms with Gasteiger partial charge in [0.1, 0.15) is 0 Å². The fraction of sp³-hybridized carbons (Fsp3) is 0.375. The summed E-state index contributed by atoms with van der Waals surface area (Å²) in [7, 11) is 0. The molecule has 0 unspecified atom stereocenters. The van der Waals surface area contributed by atoms with Gasteiger partial charge in [0.25, 0.3) is 5.91 Å². The first-order valence-corrected chi connectivity index (χ1v) is 10.4. The van der Waals surface area contributed by atoms with Crippen molar-refractivity contribution in [1.82, 2.24) is 4.90 Å². The van der Waals surface area contributed by atoms with E-state index in [-0.39, 0.29) is 30.4 Å². The second kappa shape index (κ2) is 9.50. The van der Waals surface area contributed by atoms with Crippen LogP contribution in [-0.4, -0.2) is 35.6 Å². The van der Waals surface area contributed by atoms with Crippen molar-refractivity contribution in [1.29, 1.82) is 0 Å². The number of nitrogens with zero attached hydrogens (tertiary/aromatic N) is 1.